The molecule has 27 heavy (non-hydrogen) atoms. The molecule has 0 aromatic carbocycles. The van der Waals surface area contributed by atoms with Crippen LogP contribution in [0.2, 0.25) is 22.3 Å². The summed E-state index contributed by atoms with van der Waals surface area (Å²) in [6.07, 6.45) is 18.2. The fourth-order valence-electron chi connectivity index (χ4n) is 2.94. The molecule has 0 bridgehead atoms. The maximum atomic E-state index is 11.8. The number of unbranched alkanes of at least 4 members (excludes halogenated alkanes) is 13. The molecule has 0 aliphatic rings. The monoisotopic (exact) mass is 469 g/mol. The van der Waals surface area contributed by atoms with Gasteiger partial charge in [0, 0.05) is 0 Å². The Bertz CT molecular complexity index is 372. The SMILES string of the molecule is CCCCCCCCCCCCCCCCOP(=O)(O)OCC[As+](C)(C)C. The van der Waals surface area contributed by atoms with Gasteiger partial charge in [0.2, 0.25) is 0 Å². The Morgan fingerprint density at radius 1 is 0.667 bits per heavy atom. The molecule has 1 unspecified atom stereocenters. The minimum atomic E-state index is -3.84. The van der Waals surface area contributed by atoms with Crippen LogP contribution in [-0.4, -0.2) is 31.7 Å². The third kappa shape index (κ3) is 22.8. The van der Waals surface area contributed by atoms with E-state index in [2.05, 4.69) is 24.1 Å². The van der Waals surface area contributed by atoms with Gasteiger partial charge in [-0.1, -0.05) is 58.3 Å². The molecule has 6 heteroatoms. The molecule has 0 fully saturated rings. The number of hydrogen-bond acceptors (Lipinski definition) is 3. The molecular weight excluding hydrogens is 422 g/mol. The zero-order chi connectivity index (χ0) is 20.4. The number of rotatable bonds is 20. The van der Waals surface area contributed by atoms with E-state index >= 15 is 0 Å². The summed E-state index contributed by atoms with van der Waals surface area (Å²) in [5.74, 6) is 0. The molecule has 0 aromatic heterocycles. The first-order chi connectivity index (χ1) is 12.8. The van der Waals surface area contributed by atoms with Crippen LogP contribution >= 0.6 is 7.82 Å². The van der Waals surface area contributed by atoms with E-state index in [4.69, 9.17) is 9.05 Å². The van der Waals surface area contributed by atoms with Gasteiger partial charge in [-0.25, -0.2) is 0 Å². The van der Waals surface area contributed by atoms with Gasteiger partial charge < -0.3 is 0 Å². The summed E-state index contributed by atoms with van der Waals surface area (Å²) in [4.78, 5) is 9.65. The average Bonchev–Trinajstić information content (AvgIpc) is 2.57. The Morgan fingerprint density at radius 3 is 1.44 bits per heavy atom. The molecule has 0 amide bonds. The Labute approximate surface area is 172 Å². The Balaban J connectivity index is 3.31. The van der Waals surface area contributed by atoms with E-state index < -0.39 is 21.4 Å². The van der Waals surface area contributed by atoms with Crippen molar-refractivity contribution in [3.63, 3.8) is 0 Å². The Morgan fingerprint density at radius 2 is 1.04 bits per heavy atom. The van der Waals surface area contributed by atoms with E-state index in [0.717, 1.165) is 18.1 Å². The number of hydrogen-bond donors (Lipinski definition) is 1. The summed E-state index contributed by atoms with van der Waals surface area (Å²) in [7, 11) is -3.84. The van der Waals surface area contributed by atoms with Gasteiger partial charge in [-0.2, -0.15) is 0 Å². The predicted molar refractivity (Wildman–Crippen MR) is 120 cm³/mol. The second kappa shape index (κ2) is 17.5. The Kier molecular flexibility index (Phi) is 18.0. The third-order valence-corrected chi connectivity index (χ3v) is 8.98. The van der Waals surface area contributed by atoms with Crippen molar-refractivity contribution in [2.45, 2.75) is 119 Å². The van der Waals surface area contributed by atoms with Crippen molar-refractivity contribution >= 4 is 21.4 Å². The fraction of sp³-hybridized carbons (Fsp3) is 1.00. The van der Waals surface area contributed by atoms with Crippen LogP contribution in [0.25, 0.3) is 0 Å². The quantitative estimate of drug-likeness (QED) is 0.112. The normalized spacial score (nSPS) is 14.4. The summed E-state index contributed by atoms with van der Waals surface area (Å²) >= 11 is -1.56. The molecule has 0 rings (SSSR count). The van der Waals surface area contributed by atoms with Crippen LogP contribution < -0.4 is 0 Å². The first-order valence-electron chi connectivity index (χ1n) is 11.2. The summed E-state index contributed by atoms with van der Waals surface area (Å²) in [5, 5.41) is 0.908. The van der Waals surface area contributed by atoms with Gasteiger partial charge in [0.1, 0.15) is 0 Å². The van der Waals surface area contributed by atoms with Crippen LogP contribution in [0.5, 0.6) is 0 Å². The third-order valence-electron chi connectivity index (χ3n) is 4.77. The van der Waals surface area contributed by atoms with Crippen LogP contribution in [0, 0.1) is 0 Å². The summed E-state index contributed by atoms with van der Waals surface area (Å²) in [6, 6.07) is 0. The Hall–Kier alpha value is 0.668. The van der Waals surface area contributed by atoms with E-state index in [1.807, 2.05) is 0 Å². The van der Waals surface area contributed by atoms with Gasteiger partial charge in [0.25, 0.3) is 0 Å². The minimum absolute atomic E-state index is 0.321. The van der Waals surface area contributed by atoms with Crippen molar-refractivity contribution in [1.29, 1.82) is 0 Å². The molecule has 0 aliphatic carbocycles. The predicted octanol–water partition coefficient (Wildman–Crippen LogP) is 7.94. The summed E-state index contributed by atoms with van der Waals surface area (Å²) in [6.45, 7) is 2.92. The second-order valence-electron chi connectivity index (χ2n) is 8.75. The molecule has 1 atom stereocenters. The molecule has 0 aliphatic heterocycles. The molecule has 0 radical (unpaired) electrons. The van der Waals surface area contributed by atoms with Gasteiger partial charge in [-0.3, -0.25) is 0 Å². The van der Waals surface area contributed by atoms with Crippen molar-refractivity contribution in [2.24, 2.45) is 0 Å². The van der Waals surface area contributed by atoms with Crippen LogP contribution in [0.3, 0.4) is 0 Å². The van der Waals surface area contributed by atoms with Gasteiger partial charge >= 0.3 is 114 Å². The molecular formula is C21H47AsO4P+. The molecule has 0 saturated carbocycles. The van der Waals surface area contributed by atoms with Crippen molar-refractivity contribution in [3.8, 4) is 0 Å². The summed E-state index contributed by atoms with van der Waals surface area (Å²) in [5.41, 5.74) is 6.75. The summed E-state index contributed by atoms with van der Waals surface area (Å²) < 4.78 is 21.9. The standard InChI is InChI=1S/C21H46AsO4P/c1-5-6-7-8-9-10-11-12-13-14-15-16-17-18-20-25-27(23,24)26-21-19-22(2,3)4/h5-21H2,1-4H3/p+1. The topological polar surface area (TPSA) is 55.8 Å². The molecule has 0 saturated heterocycles. The van der Waals surface area contributed by atoms with Crippen molar-refractivity contribution in [3.05, 3.63) is 0 Å². The number of phosphoric acid groups is 1. The van der Waals surface area contributed by atoms with Crippen LogP contribution in [-0.2, 0) is 13.6 Å². The maximum absolute atomic E-state index is 11.8. The van der Waals surface area contributed by atoms with E-state index in [1.165, 1.54) is 77.0 Å². The average molecular weight is 469 g/mol. The van der Waals surface area contributed by atoms with Crippen LogP contribution in [0.15, 0.2) is 0 Å². The second-order valence-corrected chi connectivity index (χ2v) is 20.7. The van der Waals surface area contributed by atoms with Crippen LogP contribution in [0.4, 0.5) is 0 Å². The molecule has 0 heterocycles. The first kappa shape index (κ1) is 27.7. The zero-order valence-electron chi connectivity index (χ0n) is 18.6. The van der Waals surface area contributed by atoms with E-state index in [-0.39, 0.29) is 0 Å². The van der Waals surface area contributed by atoms with Crippen LogP contribution in [0.1, 0.15) is 96.8 Å². The van der Waals surface area contributed by atoms with Gasteiger partial charge in [0.05, 0.1) is 0 Å². The van der Waals surface area contributed by atoms with Crippen molar-refractivity contribution < 1.29 is 18.5 Å². The molecule has 0 aromatic rings. The molecule has 0 spiro atoms. The van der Waals surface area contributed by atoms with Gasteiger partial charge in [0.15, 0.2) is 0 Å². The van der Waals surface area contributed by atoms with Gasteiger partial charge in [-0.15, -0.1) is 0 Å². The number of phosphoric ester groups is 1. The molecule has 1 N–H and O–H groups in total. The first-order valence-corrected chi connectivity index (χ1v) is 19.6. The zero-order valence-corrected chi connectivity index (χ0v) is 21.4. The van der Waals surface area contributed by atoms with Gasteiger partial charge in [-0.05, 0) is 0 Å². The van der Waals surface area contributed by atoms with E-state index in [9.17, 15) is 9.46 Å². The fourth-order valence-corrected chi connectivity index (χ4v) is 5.35. The molecule has 4 nitrogen and oxygen atoms in total. The van der Waals surface area contributed by atoms with E-state index in [0.29, 0.717) is 13.2 Å². The van der Waals surface area contributed by atoms with Crippen molar-refractivity contribution in [2.75, 3.05) is 13.2 Å². The van der Waals surface area contributed by atoms with Crippen molar-refractivity contribution in [1.82, 2.24) is 0 Å². The molecule has 164 valence electrons. The van der Waals surface area contributed by atoms with E-state index in [1.54, 1.807) is 0 Å².